The van der Waals surface area contributed by atoms with Gasteiger partial charge < -0.3 is 14.7 Å². The van der Waals surface area contributed by atoms with Crippen molar-refractivity contribution < 1.29 is 4.52 Å². The molecule has 1 aliphatic heterocycles. The summed E-state index contributed by atoms with van der Waals surface area (Å²) >= 11 is 0. The molecule has 0 aliphatic carbocycles. The maximum Gasteiger partial charge on any atom is 0.324 e. The Morgan fingerprint density at radius 3 is 3.04 bits per heavy atom. The van der Waals surface area contributed by atoms with Crippen molar-refractivity contribution >= 4 is 22.9 Å². The molecule has 2 N–H and O–H groups in total. The van der Waals surface area contributed by atoms with Gasteiger partial charge in [-0.15, -0.1) is 0 Å². The second-order valence-corrected chi connectivity index (χ2v) is 6.20. The summed E-state index contributed by atoms with van der Waals surface area (Å²) in [6.07, 6.45) is 4.21. The molecular weight excluding hydrogens is 332 g/mol. The molecule has 4 aromatic rings. The number of nitrogens with one attached hydrogen (secondary N) is 2. The Morgan fingerprint density at radius 2 is 2.12 bits per heavy atom. The largest absolute Gasteiger partial charge is 0.365 e. The van der Waals surface area contributed by atoms with Crippen LogP contribution in [0.2, 0.25) is 0 Å². The average Bonchev–Trinajstić information content (AvgIpc) is 3.43. The van der Waals surface area contributed by atoms with Gasteiger partial charge in [0.15, 0.2) is 5.65 Å². The second kappa shape index (κ2) is 6.10. The van der Waals surface area contributed by atoms with Gasteiger partial charge in [-0.1, -0.05) is 35.5 Å². The second-order valence-electron chi connectivity index (χ2n) is 6.20. The summed E-state index contributed by atoms with van der Waals surface area (Å²) in [7, 11) is 0. The van der Waals surface area contributed by atoms with Crippen molar-refractivity contribution in [1.82, 2.24) is 30.3 Å². The van der Waals surface area contributed by atoms with E-state index < -0.39 is 0 Å². The van der Waals surface area contributed by atoms with Gasteiger partial charge in [0.1, 0.15) is 12.1 Å². The van der Waals surface area contributed by atoms with E-state index in [1.807, 2.05) is 30.3 Å². The first-order valence-electron chi connectivity index (χ1n) is 8.41. The average molecular weight is 348 g/mol. The topological polar surface area (TPSA) is 109 Å². The Hall–Kier alpha value is -3.49. The number of anilines is 2. The first-order chi connectivity index (χ1) is 12.9. The summed E-state index contributed by atoms with van der Waals surface area (Å²) in [5.74, 6) is 1.39. The molecule has 1 saturated heterocycles. The lowest BCUT2D eigenvalue weighted by atomic mass is 10.2. The number of hydrogen-bond acceptors (Lipinski definition) is 8. The van der Waals surface area contributed by atoms with Gasteiger partial charge in [0.2, 0.25) is 5.82 Å². The van der Waals surface area contributed by atoms with Crippen LogP contribution < -0.4 is 10.2 Å². The van der Waals surface area contributed by atoms with Gasteiger partial charge >= 0.3 is 6.01 Å². The number of hydrogen-bond donors (Lipinski definition) is 2. The third kappa shape index (κ3) is 2.63. The molecule has 0 bridgehead atoms. The van der Waals surface area contributed by atoms with Crippen molar-refractivity contribution in [2.45, 2.75) is 12.5 Å². The highest BCUT2D eigenvalue weighted by Crippen LogP contribution is 2.25. The van der Waals surface area contributed by atoms with E-state index in [2.05, 4.69) is 40.5 Å². The summed E-state index contributed by atoms with van der Waals surface area (Å²) in [4.78, 5) is 15.1. The molecule has 9 nitrogen and oxygen atoms in total. The molecule has 0 amide bonds. The number of fused-ring (bicyclic) bond motifs is 1. The monoisotopic (exact) mass is 348 g/mol. The highest BCUT2D eigenvalue weighted by atomic mass is 16.5. The minimum absolute atomic E-state index is 0.232. The first-order valence-corrected chi connectivity index (χ1v) is 8.41. The molecule has 0 spiro atoms. The number of nitrogens with zero attached hydrogens (tertiary/aromatic N) is 6. The van der Waals surface area contributed by atoms with Gasteiger partial charge in [-0.2, -0.15) is 10.1 Å². The highest BCUT2D eigenvalue weighted by molar-refractivity contribution is 5.85. The van der Waals surface area contributed by atoms with Crippen molar-refractivity contribution in [3.8, 4) is 11.4 Å². The first kappa shape index (κ1) is 14.8. The van der Waals surface area contributed by atoms with E-state index in [0.717, 1.165) is 41.9 Å². The summed E-state index contributed by atoms with van der Waals surface area (Å²) in [6, 6.07) is 10.6. The third-order valence-corrected chi connectivity index (χ3v) is 4.49. The lowest BCUT2D eigenvalue weighted by molar-refractivity contribution is 0.419. The maximum atomic E-state index is 5.46. The lowest BCUT2D eigenvalue weighted by Crippen LogP contribution is -2.26. The number of rotatable bonds is 4. The van der Waals surface area contributed by atoms with Crippen LogP contribution in [0.1, 0.15) is 6.42 Å². The zero-order valence-corrected chi connectivity index (χ0v) is 13.8. The zero-order chi connectivity index (χ0) is 17.3. The van der Waals surface area contributed by atoms with E-state index >= 15 is 0 Å². The molecule has 1 atom stereocenters. The predicted molar refractivity (Wildman–Crippen MR) is 95.7 cm³/mol. The van der Waals surface area contributed by atoms with E-state index in [4.69, 9.17) is 4.52 Å². The van der Waals surface area contributed by atoms with Crippen molar-refractivity contribution in [3.63, 3.8) is 0 Å². The molecule has 0 unspecified atom stereocenters. The third-order valence-electron chi connectivity index (χ3n) is 4.49. The van der Waals surface area contributed by atoms with Crippen LogP contribution in [0.3, 0.4) is 0 Å². The van der Waals surface area contributed by atoms with Gasteiger partial charge in [0.25, 0.3) is 0 Å². The Morgan fingerprint density at radius 1 is 1.19 bits per heavy atom. The molecule has 9 heteroatoms. The molecule has 0 radical (unpaired) electrons. The van der Waals surface area contributed by atoms with E-state index in [0.29, 0.717) is 11.8 Å². The fraction of sp³-hybridized carbons (Fsp3) is 0.235. The van der Waals surface area contributed by atoms with Crippen LogP contribution >= 0.6 is 0 Å². The van der Waals surface area contributed by atoms with Crippen molar-refractivity contribution in [3.05, 3.63) is 42.9 Å². The van der Waals surface area contributed by atoms with Crippen LogP contribution in [0.5, 0.6) is 0 Å². The van der Waals surface area contributed by atoms with Crippen molar-refractivity contribution in [2.75, 3.05) is 23.3 Å². The summed E-state index contributed by atoms with van der Waals surface area (Å²) in [5.41, 5.74) is 1.67. The fourth-order valence-electron chi connectivity index (χ4n) is 3.17. The molecule has 130 valence electrons. The minimum atomic E-state index is 0.232. The standard InChI is InChI=1S/C17H16N8O/c1-2-4-11(5-3-1)14-22-17(26-24-14)25-7-6-12(9-25)21-15-13-8-20-23-16(13)19-10-18-15/h1-5,8,10,12H,6-7,9H2,(H2,18,19,20,21,23)/t12-/m1/s1. The van der Waals surface area contributed by atoms with Gasteiger partial charge in [-0.05, 0) is 6.42 Å². The van der Waals surface area contributed by atoms with Crippen molar-refractivity contribution in [2.24, 2.45) is 0 Å². The van der Waals surface area contributed by atoms with Crippen LogP contribution in [0.25, 0.3) is 22.4 Å². The van der Waals surface area contributed by atoms with Gasteiger partial charge in [-0.25, -0.2) is 9.97 Å². The summed E-state index contributed by atoms with van der Waals surface area (Å²) in [5, 5.41) is 15.3. The number of aromatic nitrogens is 6. The van der Waals surface area contributed by atoms with E-state index in [1.54, 1.807) is 6.20 Å². The summed E-state index contributed by atoms with van der Waals surface area (Å²) in [6.45, 7) is 1.60. The van der Waals surface area contributed by atoms with Crippen LogP contribution in [0, 0.1) is 0 Å². The van der Waals surface area contributed by atoms with E-state index in [1.165, 1.54) is 6.33 Å². The Balaban J connectivity index is 1.30. The summed E-state index contributed by atoms with van der Waals surface area (Å²) < 4.78 is 5.46. The van der Waals surface area contributed by atoms with Gasteiger partial charge in [-0.3, -0.25) is 5.10 Å². The van der Waals surface area contributed by atoms with Gasteiger partial charge in [0, 0.05) is 24.7 Å². The fourth-order valence-corrected chi connectivity index (χ4v) is 3.17. The molecule has 26 heavy (non-hydrogen) atoms. The van der Waals surface area contributed by atoms with E-state index in [9.17, 15) is 0 Å². The maximum absolute atomic E-state index is 5.46. The van der Waals surface area contributed by atoms with Gasteiger partial charge in [0.05, 0.1) is 11.6 Å². The minimum Gasteiger partial charge on any atom is -0.365 e. The molecule has 4 heterocycles. The molecule has 1 aromatic carbocycles. The van der Waals surface area contributed by atoms with E-state index in [-0.39, 0.29) is 6.04 Å². The Bertz CT molecular complexity index is 1030. The smallest absolute Gasteiger partial charge is 0.324 e. The Kier molecular flexibility index (Phi) is 3.48. The molecule has 0 saturated carbocycles. The van der Waals surface area contributed by atoms with Crippen LogP contribution in [0.4, 0.5) is 11.8 Å². The van der Waals surface area contributed by atoms with Crippen LogP contribution in [0.15, 0.2) is 47.4 Å². The molecule has 3 aromatic heterocycles. The predicted octanol–water partition coefficient (Wildman–Crippen LogP) is 2.09. The number of aromatic amines is 1. The number of H-pyrrole nitrogens is 1. The lowest BCUT2D eigenvalue weighted by Gasteiger charge is -2.15. The molecule has 1 fully saturated rings. The SMILES string of the molecule is c1ccc(-c2noc(N3CC[C@@H](Nc4ncnc5[nH]ncc45)C3)n2)cc1. The molecule has 5 rings (SSSR count). The Labute approximate surface area is 148 Å². The molecular formula is C17H16N8O. The number of benzene rings is 1. The molecule has 1 aliphatic rings. The van der Waals surface area contributed by atoms with Crippen LogP contribution in [-0.4, -0.2) is 49.4 Å². The van der Waals surface area contributed by atoms with Crippen molar-refractivity contribution in [1.29, 1.82) is 0 Å². The quantitative estimate of drug-likeness (QED) is 0.577. The normalized spacial score (nSPS) is 17.1. The zero-order valence-electron chi connectivity index (χ0n) is 13.8. The van der Waals surface area contributed by atoms with Crippen LogP contribution in [-0.2, 0) is 0 Å². The highest BCUT2D eigenvalue weighted by Gasteiger charge is 2.27.